The number of anilines is 1. The molecule has 4 nitrogen and oxygen atoms in total. The maximum absolute atomic E-state index is 11.3. The number of primary sulfonamides is 1. The molecule has 2 atom stereocenters. The van der Waals surface area contributed by atoms with Crippen molar-refractivity contribution in [2.24, 2.45) is 5.14 Å². The van der Waals surface area contributed by atoms with Gasteiger partial charge in [0.2, 0.25) is 10.0 Å². The van der Waals surface area contributed by atoms with Crippen molar-refractivity contribution in [2.45, 2.75) is 36.5 Å². The Balaban J connectivity index is 2.22. The minimum atomic E-state index is -3.63. The average Bonchev–Trinajstić information content (AvgIpc) is 2.66. The lowest BCUT2D eigenvalue weighted by molar-refractivity contribution is 0.598. The van der Waals surface area contributed by atoms with Gasteiger partial charge < -0.3 is 5.32 Å². The molecule has 1 fully saturated rings. The summed E-state index contributed by atoms with van der Waals surface area (Å²) in [5.41, 5.74) is 1.90. The summed E-state index contributed by atoms with van der Waals surface area (Å²) >= 11 is 1.93. The molecule has 1 aliphatic heterocycles. The van der Waals surface area contributed by atoms with Crippen LogP contribution < -0.4 is 10.5 Å². The molecule has 6 heteroatoms. The van der Waals surface area contributed by atoms with E-state index in [-0.39, 0.29) is 4.90 Å². The first-order valence-electron chi connectivity index (χ1n) is 5.88. The Morgan fingerprint density at radius 2 is 2.17 bits per heavy atom. The van der Waals surface area contributed by atoms with Crippen molar-refractivity contribution in [3.8, 4) is 0 Å². The SMILES string of the molecule is Cc1ccc(S(N)(=O)=O)cc1NC1CSC(C)C1. The summed E-state index contributed by atoms with van der Waals surface area (Å²) in [6.45, 7) is 4.17. The predicted octanol–water partition coefficient (Wildman–Crippen LogP) is 1.95. The van der Waals surface area contributed by atoms with Gasteiger partial charge in [-0.25, -0.2) is 13.6 Å². The summed E-state index contributed by atoms with van der Waals surface area (Å²) in [7, 11) is -3.63. The fourth-order valence-electron chi connectivity index (χ4n) is 2.07. The lowest BCUT2D eigenvalue weighted by Crippen LogP contribution is -2.20. The zero-order chi connectivity index (χ0) is 13.3. The summed E-state index contributed by atoms with van der Waals surface area (Å²) in [6.07, 6.45) is 1.10. The van der Waals surface area contributed by atoms with Crippen LogP contribution in [0.25, 0.3) is 0 Å². The quantitative estimate of drug-likeness (QED) is 0.891. The van der Waals surface area contributed by atoms with Crippen LogP contribution in [0.15, 0.2) is 23.1 Å². The number of nitrogens with two attached hydrogens (primary N) is 1. The molecule has 0 spiro atoms. The molecule has 0 saturated carbocycles. The topological polar surface area (TPSA) is 72.2 Å². The second-order valence-corrected chi connectivity index (χ2v) is 7.78. The molecule has 1 aromatic rings. The van der Waals surface area contributed by atoms with Crippen molar-refractivity contribution in [3.05, 3.63) is 23.8 Å². The van der Waals surface area contributed by atoms with E-state index in [0.717, 1.165) is 23.4 Å². The lowest BCUT2D eigenvalue weighted by Gasteiger charge is -2.16. The molecule has 0 radical (unpaired) electrons. The van der Waals surface area contributed by atoms with Gasteiger partial charge in [-0.3, -0.25) is 0 Å². The predicted molar refractivity (Wildman–Crippen MR) is 76.5 cm³/mol. The highest BCUT2D eigenvalue weighted by Gasteiger charge is 2.22. The number of sulfonamides is 1. The van der Waals surface area contributed by atoms with Gasteiger partial charge in [0.1, 0.15) is 0 Å². The van der Waals surface area contributed by atoms with Crippen LogP contribution in [0, 0.1) is 6.92 Å². The van der Waals surface area contributed by atoms with E-state index in [1.165, 1.54) is 0 Å². The molecule has 100 valence electrons. The monoisotopic (exact) mass is 286 g/mol. The van der Waals surface area contributed by atoms with Crippen molar-refractivity contribution < 1.29 is 8.42 Å². The number of benzene rings is 1. The molecule has 1 aliphatic rings. The van der Waals surface area contributed by atoms with E-state index < -0.39 is 10.0 Å². The molecule has 0 aliphatic carbocycles. The normalized spacial score (nSPS) is 24.2. The summed E-state index contributed by atoms with van der Waals surface area (Å²) in [4.78, 5) is 0.161. The van der Waals surface area contributed by atoms with E-state index in [0.29, 0.717) is 11.3 Å². The number of aryl methyl sites for hydroxylation is 1. The molecule has 2 unspecified atom stereocenters. The summed E-state index contributed by atoms with van der Waals surface area (Å²) in [5, 5.41) is 9.21. The number of thioether (sulfide) groups is 1. The fraction of sp³-hybridized carbons (Fsp3) is 0.500. The number of rotatable bonds is 3. The van der Waals surface area contributed by atoms with E-state index in [1.807, 2.05) is 18.7 Å². The summed E-state index contributed by atoms with van der Waals surface area (Å²) in [5.74, 6) is 1.06. The second-order valence-electron chi connectivity index (χ2n) is 4.74. The molecule has 1 heterocycles. The van der Waals surface area contributed by atoms with E-state index >= 15 is 0 Å². The highest BCUT2D eigenvalue weighted by Crippen LogP contribution is 2.29. The van der Waals surface area contributed by atoms with E-state index in [9.17, 15) is 8.42 Å². The van der Waals surface area contributed by atoms with Crippen LogP contribution in [-0.2, 0) is 10.0 Å². The number of hydrogen-bond donors (Lipinski definition) is 2. The van der Waals surface area contributed by atoms with Crippen LogP contribution in [0.4, 0.5) is 5.69 Å². The Labute approximate surface area is 112 Å². The van der Waals surface area contributed by atoms with Gasteiger partial charge >= 0.3 is 0 Å². The molecule has 0 amide bonds. The first kappa shape index (κ1) is 13.7. The van der Waals surface area contributed by atoms with Gasteiger partial charge in [-0.05, 0) is 31.0 Å². The Bertz CT molecular complexity index is 543. The number of hydrogen-bond acceptors (Lipinski definition) is 4. The van der Waals surface area contributed by atoms with E-state index in [1.54, 1.807) is 18.2 Å². The van der Waals surface area contributed by atoms with Crippen LogP contribution in [-0.4, -0.2) is 25.5 Å². The first-order chi connectivity index (χ1) is 8.36. The van der Waals surface area contributed by atoms with Crippen LogP contribution >= 0.6 is 11.8 Å². The second kappa shape index (κ2) is 5.11. The molecular formula is C12H18N2O2S2. The van der Waals surface area contributed by atoms with E-state index in [4.69, 9.17) is 5.14 Å². The van der Waals surface area contributed by atoms with Crippen molar-refractivity contribution >= 4 is 27.5 Å². The highest BCUT2D eigenvalue weighted by molar-refractivity contribution is 8.00. The molecule has 18 heavy (non-hydrogen) atoms. The number of nitrogens with one attached hydrogen (secondary N) is 1. The third kappa shape index (κ3) is 3.18. The lowest BCUT2D eigenvalue weighted by atomic mass is 10.1. The Morgan fingerprint density at radius 3 is 2.72 bits per heavy atom. The Kier molecular flexibility index (Phi) is 3.89. The van der Waals surface area contributed by atoms with Gasteiger partial charge in [-0.15, -0.1) is 0 Å². The summed E-state index contributed by atoms with van der Waals surface area (Å²) in [6, 6.07) is 5.35. The molecule has 0 bridgehead atoms. The van der Waals surface area contributed by atoms with E-state index in [2.05, 4.69) is 12.2 Å². The highest BCUT2D eigenvalue weighted by atomic mass is 32.2. The van der Waals surface area contributed by atoms with Gasteiger partial charge in [0.15, 0.2) is 0 Å². The largest absolute Gasteiger partial charge is 0.381 e. The molecule has 3 N–H and O–H groups in total. The first-order valence-corrected chi connectivity index (χ1v) is 8.47. The maximum Gasteiger partial charge on any atom is 0.238 e. The third-order valence-corrected chi connectivity index (χ3v) is 5.36. The molecule has 0 aromatic heterocycles. The van der Waals surface area contributed by atoms with Crippen LogP contribution in [0.2, 0.25) is 0 Å². The van der Waals surface area contributed by atoms with Gasteiger partial charge in [-0.1, -0.05) is 13.0 Å². The smallest absolute Gasteiger partial charge is 0.238 e. The minimum Gasteiger partial charge on any atom is -0.381 e. The molecule has 1 aromatic carbocycles. The third-order valence-electron chi connectivity index (χ3n) is 3.10. The van der Waals surface area contributed by atoms with Gasteiger partial charge in [0, 0.05) is 22.7 Å². The Hall–Kier alpha value is -0.720. The Morgan fingerprint density at radius 1 is 1.44 bits per heavy atom. The molecule has 2 rings (SSSR count). The minimum absolute atomic E-state index is 0.161. The van der Waals surface area contributed by atoms with Gasteiger partial charge in [-0.2, -0.15) is 11.8 Å². The standard InChI is InChI=1S/C12H18N2O2S2/c1-8-3-4-11(18(13,15)16)6-12(8)14-10-5-9(2)17-7-10/h3-4,6,9-10,14H,5,7H2,1-2H3,(H2,13,15,16). The maximum atomic E-state index is 11.3. The van der Waals surface area contributed by atoms with Crippen LogP contribution in [0.5, 0.6) is 0 Å². The molecular weight excluding hydrogens is 268 g/mol. The van der Waals surface area contributed by atoms with Gasteiger partial charge in [0.05, 0.1) is 4.90 Å². The van der Waals surface area contributed by atoms with Crippen molar-refractivity contribution in [1.29, 1.82) is 0 Å². The zero-order valence-corrected chi connectivity index (χ0v) is 12.1. The molecule has 1 saturated heterocycles. The van der Waals surface area contributed by atoms with Crippen molar-refractivity contribution in [3.63, 3.8) is 0 Å². The van der Waals surface area contributed by atoms with Crippen LogP contribution in [0.1, 0.15) is 18.9 Å². The van der Waals surface area contributed by atoms with Gasteiger partial charge in [0.25, 0.3) is 0 Å². The fourth-order valence-corrected chi connectivity index (χ4v) is 3.76. The zero-order valence-electron chi connectivity index (χ0n) is 10.5. The van der Waals surface area contributed by atoms with Crippen LogP contribution in [0.3, 0.4) is 0 Å². The summed E-state index contributed by atoms with van der Waals surface area (Å²) < 4.78 is 22.7. The van der Waals surface area contributed by atoms with Crippen molar-refractivity contribution in [2.75, 3.05) is 11.1 Å². The average molecular weight is 286 g/mol. The van der Waals surface area contributed by atoms with Crippen molar-refractivity contribution in [1.82, 2.24) is 0 Å².